The summed E-state index contributed by atoms with van der Waals surface area (Å²) in [6.45, 7) is 3.13. The van der Waals surface area contributed by atoms with Gasteiger partial charge in [-0.3, -0.25) is 19.3 Å². The number of methoxy groups -OCH3 is 1. The third kappa shape index (κ3) is 6.86. The molecule has 0 bridgehead atoms. The number of carbonyl (C=O) groups is 4. The maximum atomic E-state index is 12.4. The summed E-state index contributed by atoms with van der Waals surface area (Å²) in [6, 6.07) is 5.53. The topological polar surface area (TPSA) is 114 Å². The Balaban J connectivity index is 1.92. The summed E-state index contributed by atoms with van der Waals surface area (Å²) < 4.78 is 9.77. The van der Waals surface area contributed by atoms with Gasteiger partial charge in [-0.05, 0) is 30.7 Å². The third-order valence-corrected chi connectivity index (χ3v) is 4.50. The fraction of sp³-hybridized carbons (Fsp3) is 0.500. The van der Waals surface area contributed by atoms with Gasteiger partial charge in [-0.15, -0.1) is 0 Å². The van der Waals surface area contributed by atoms with E-state index >= 15 is 0 Å². The Hall–Kier alpha value is -2.94. The van der Waals surface area contributed by atoms with E-state index in [0.717, 1.165) is 12.8 Å². The average molecular weight is 405 g/mol. The molecule has 9 heteroatoms. The maximum Gasteiger partial charge on any atom is 0.337 e. The lowest BCUT2D eigenvalue weighted by Gasteiger charge is -2.33. The number of unbranched alkanes of at least 4 members (excludes halogenated alkanes) is 1. The van der Waals surface area contributed by atoms with Gasteiger partial charge < -0.3 is 20.1 Å². The van der Waals surface area contributed by atoms with Crippen LogP contribution in [-0.4, -0.2) is 68.0 Å². The second-order valence-electron chi connectivity index (χ2n) is 6.67. The van der Waals surface area contributed by atoms with Gasteiger partial charge in [-0.25, -0.2) is 4.79 Å². The molecule has 9 nitrogen and oxygen atoms in total. The first kappa shape index (κ1) is 22.4. The van der Waals surface area contributed by atoms with Crippen LogP contribution in [0.25, 0.3) is 0 Å². The smallest absolute Gasteiger partial charge is 0.337 e. The predicted molar refractivity (Wildman–Crippen MR) is 105 cm³/mol. The highest BCUT2D eigenvalue weighted by atomic mass is 16.5. The van der Waals surface area contributed by atoms with Crippen LogP contribution in [0.4, 0.5) is 5.69 Å². The van der Waals surface area contributed by atoms with E-state index in [0.29, 0.717) is 30.9 Å². The van der Waals surface area contributed by atoms with Crippen LogP contribution in [0.15, 0.2) is 24.3 Å². The second-order valence-corrected chi connectivity index (χ2v) is 6.67. The van der Waals surface area contributed by atoms with Crippen LogP contribution in [0.3, 0.4) is 0 Å². The van der Waals surface area contributed by atoms with Crippen molar-refractivity contribution in [2.45, 2.75) is 32.2 Å². The summed E-state index contributed by atoms with van der Waals surface area (Å²) in [5.41, 5.74) is 0.888. The standard InChI is InChI=1S/C20H27N3O6/c1-3-4-11-29-18(25)12-16-19(26)21-9-10-23(16)13-17(24)22-15-7-5-14(6-8-15)20(27)28-2/h5-8,16H,3-4,9-13H2,1-2H3,(H,21,26)(H,22,24). The van der Waals surface area contributed by atoms with Crippen LogP contribution < -0.4 is 10.6 Å². The Labute approximate surface area is 169 Å². The highest BCUT2D eigenvalue weighted by molar-refractivity contribution is 5.95. The molecule has 1 aromatic carbocycles. The minimum Gasteiger partial charge on any atom is -0.466 e. The molecule has 1 heterocycles. The number of ether oxygens (including phenoxy) is 2. The van der Waals surface area contributed by atoms with Crippen molar-refractivity contribution in [3.8, 4) is 0 Å². The second kappa shape index (κ2) is 11.2. The van der Waals surface area contributed by atoms with Crippen LogP contribution >= 0.6 is 0 Å². The zero-order valence-corrected chi connectivity index (χ0v) is 16.7. The van der Waals surface area contributed by atoms with Crippen molar-refractivity contribution in [3.63, 3.8) is 0 Å². The Morgan fingerprint density at radius 3 is 2.62 bits per heavy atom. The minimum absolute atomic E-state index is 0.0426. The van der Waals surface area contributed by atoms with Gasteiger partial charge in [0.1, 0.15) is 6.04 Å². The molecule has 1 fully saturated rings. The van der Waals surface area contributed by atoms with Crippen molar-refractivity contribution in [1.29, 1.82) is 0 Å². The average Bonchev–Trinajstić information content (AvgIpc) is 2.70. The van der Waals surface area contributed by atoms with E-state index in [4.69, 9.17) is 4.74 Å². The lowest BCUT2D eigenvalue weighted by molar-refractivity contribution is -0.149. The van der Waals surface area contributed by atoms with Crippen LogP contribution in [0, 0.1) is 0 Å². The van der Waals surface area contributed by atoms with E-state index in [1.165, 1.54) is 7.11 Å². The fourth-order valence-electron chi connectivity index (χ4n) is 2.91. The first-order valence-electron chi connectivity index (χ1n) is 9.60. The molecule has 0 aliphatic carbocycles. The number of carbonyl (C=O) groups excluding carboxylic acids is 4. The van der Waals surface area contributed by atoms with Crippen LogP contribution in [0.1, 0.15) is 36.5 Å². The number of amides is 2. The first-order valence-corrected chi connectivity index (χ1v) is 9.60. The predicted octanol–water partition coefficient (Wildman–Crippen LogP) is 0.946. The summed E-state index contributed by atoms with van der Waals surface area (Å²) in [6.07, 6.45) is 1.57. The Morgan fingerprint density at radius 1 is 1.24 bits per heavy atom. The van der Waals surface area contributed by atoms with Gasteiger partial charge in [0, 0.05) is 18.8 Å². The van der Waals surface area contributed by atoms with Crippen molar-refractivity contribution < 1.29 is 28.7 Å². The minimum atomic E-state index is -0.745. The first-order chi connectivity index (χ1) is 13.9. The molecular formula is C20H27N3O6. The van der Waals surface area contributed by atoms with Gasteiger partial charge in [0.25, 0.3) is 0 Å². The highest BCUT2D eigenvalue weighted by Gasteiger charge is 2.33. The highest BCUT2D eigenvalue weighted by Crippen LogP contribution is 2.13. The molecule has 0 aromatic heterocycles. The molecule has 1 aliphatic heterocycles. The van der Waals surface area contributed by atoms with Crippen LogP contribution in [0.2, 0.25) is 0 Å². The van der Waals surface area contributed by atoms with Crippen molar-refractivity contribution in [2.24, 2.45) is 0 Å². The molecule has 2 amide bonds. The number of nitrogens with zero attached hydrogens (tertiary/aromatic N) is 1. The van der Waals surface area contributed by atoms with E-state index < -0.39 is 18.0 Å². The van der Waals surface area contributed by atoms with Gasteiger partial charge in [0.2, 0.25) is 11.8 Å². The van der Waals surface area contributed by atoms with Crippen LogP contribution in [-0.2, 0) is 23.9 Å². The molecule has 0 spiro atoms. The van der Waals surface area contributed by atoms with E-state index in [2.05, 4.69) is 15.4 Å². The quantitative estimate of drug-likeness (QED) is 0.464. The zero-order valence-electron chi connectivity index (χ0n) is 16.7. The largest absolute Gasteiger partial charge is 0.466 e. The SMILES string of the molecule is CCCCOC(=O)CC1C(=O)NCCN1CC(=O)Nc1ccc(C(=O)OC)cc1. The fourth-order valence-corrected chi connectivity index (χ4v) is 2.91. The number of rotatable bonds is 9. The van der Waals surface area contributed by atoms with E-state index in [1.54, 1.807) is 29.2 Å². The molecule has 0 radical (unpaired) electrons. The van der Waals surface area contributed by atoms with Gasteiger partial charge in [0.15, 0.2) is 0 Å². The monoisotopic (exact) mass is 405 g/mol. The molecule has 1 saturated heterocycles. The van der Waals surface area contributed by atoms with E-state index in [1.807, 2.05) is 6.92 Å². The summed E-state index contributed by atoms with van der Waals surface area (Å²) >= 11 is 0. The number of hydrogen-bond donors (Lipinski definition) is 2. The number of anilines is 1. The molecule has 2 N–H and O–H groups in total. The van der Waals surface area contributed by atoms with Gasteiger partial charge in [-0.1, -0.05) is 13.3 Å². The molecule has 2 rings (SSSR count). The van der Waals surface area contributed by atoms with Crippen LogP contribution in [0.5, 0.6) is 0 Å². The van der Waals surface area contributed by atoms with E-state index in [9.17, 15) is 19.2 Å². The maximum absolute atomic E-state index is 12.4. The number of esters is 2. The lowest BCUT2D eigenvalue weighted by Crippen LogP contribution is -2.57. The molecule has 0 saturated carbocycles. The molecule has 29 heavy (non-hydrogen) atoms. The molecule has 1 aliphatic rings. The lowest BCUT2D eigenvalue weighted by atomic mass is 10.1. The number of hydrogen-bond acceptors (Lipinski definition) is 7. The van der Waals surface area contributed by atoms with E-state index in [-0.39, 0.29) is 24.8 Å². The molecule has 1 atom stereocenters. The molecule has 158 valence electrons. The zero-order chi connectivity index (χ0) is 21.2. The Kier molecular flexibility index (Phi) is 8.60. The number of nitrogens with one attached hydrogen (secondary N) is 2. The Morgan fingerprint density at radius 2 is 1.97 bits per heavy atom. The van der Waals surface area contributed by atoms with Crippen molar-refractivity contribution >= 4 is 29.4 Å². The summed E-state index contributed by atoms with van der Waals surface area (Å²) in [5, 5.41) is 5.44. The summed E-state index contributed by atoms with van der Waals surface area (Å²) in [7, 11) is 1.29. The molecule has 1 unspecified atom stereocenters. The van der Waals surface area contributed by atoms with Crippen molar-refractivity contribution in [2.75, 3.05) is 38.7 Å². The normalized spacial score (nSPS) is 16.6. The van der Waals surface area contributed by atoms with Gasteiger partial charge in [0.05, 0.1) is 32.2 Å². The number of piperazine rings is 1. The Bertz CT molecular complexity index is 734. The molecular weight excluding hydrogens is 378 g/mol. The van der Waals surface area contributed by atoms with Crippen molar-refractivity contribution in [3.05, 3.63) is 29.8 Å². The van der Waals surface area contributed by atoms with Gasteiger partial charge in [-0.2, -0.15) is 0 Å². The summed E-state index contributed by atoms with van der Waals surface area (Å²) in [5.74, 6) is -1.53. The van der Waals surface area contributed by atoms with Gasteiger partial charge >= 0.3 is 11.9 Å². The summed E-state index contributed by atoms with van der Waals surface area (Å²) in [4.78, 5) is 49.7. The number of benzene rings is 1. The molecule has 1 aromatic rings. The van der Waals surface area contributed by atoms with Crippen molar-refractivity contribution in [1.82, 2.24) is 10.2 Å². The third-order valence-electron chi connectivity index (χ3n) is 4.50.